The quantitative estimate of drug-likeness (QED) is 0.667. The van der Waals surface area contributed by atoms with Crippen molar-refractivity contribution in [3.63, 3.8) is 0 Å². The fraction of sp³-hybridized carbons (Fsp3) is 0. The van der Waals surface area contributed by atoms with Crippen molar-refractivity contribution in [3.05, 3.63) is 54.1 Å². The molecule has 0 aliphatic carbocycles. The van der Waals surface area contributed by atoms with Gasteiger partial charge in [0.1, 0.15) is 0 Å². The zero-order valence-electron chi connectivity index (χ0n) is 11.5. The highest BCUT2D eigenvalue weighted by atomic mass is 32.3. The van der Waals surface area contributed by atoms with E-state index in [-0.39, 0.29) is 4.90 Å². The molecular formula is C13H12N2O6S2. The lowest BCUT2D eigenvalue weighted by atomic mass is 10.2. The molecule has 0 aromatic heterocycles. The number of rotatable bonds is 5. The average Bonchev–Trinajstić information content (AvgIpc) is 2.46. The second-order valence-electron chi connectivity index (χ2n) is 4.46. The summed E-state index contributed by atoms with van der Waals surface area (Å²) in [6, 6.07) is 9.55. The summed E-state index contributed by atoms with van der Waals surface area (Å²) >= 11 is 0. The van der Waals surface area contributed by atoms with Crippen LogP contribution < -0.4 is 9.86 Å². The van der Waals surface area contributed by atoms with Crippen LogP contribution in [0.3, 0.4) is 0 Å². The van der Waals surface area contributed by atoms with Gasteiger partial charge in [-0.2, -0.15) is 0 Å². The standard InChI is InChI=1S/C13H12N2O6S2/c14-9-5-7-10(8-6-9)22(18,19)15-23(20,21)12-4-2-1-3-11(12)13(16)17/h1-8,15H,14H2,(H,16,17). The van der Waals surface area contributed by atoms with Gasteiger partial charge in [-0.05, 0) is 36.4 Å². The second-order valence-corrected chi connectivity index (χ2v) is 8.05. The van der Waals surface area contributed by atoms with Gasteiger partial charge in [-0.3, -0.25) is 0 Å². The molecule has 0 heterocycles. The summed E-state index contributed by atoms with van der Waals surface area (Å²) < 4.78 is 50.3. The minimum atomic E-state index is -4.60. The van der Waals surface area contributed by atoms with E-state index in [0.29, 0.717) is 5.69 Å². The number of sulfonamides is 2. The molecule has 23 heavy (non-hydrogen) atoms. The largest absolute Gasteiger partial charge is 0.478 e. The Hall–Kier alpha value is -2.43. The van der Waals surface area contributed by atoms with Gasteiger partial charge >= 0.3 is 5.97 Å². The molecule has 0 unspecified atom stereocenters. The summed E-state index contributed by atoms with van der Waals surface area (Å²) in [7, 11) is -9.01. The molecule has 10 heteroatoms. The van der Waals surface area contributed by atoms with E-state index >= 15 is 0 Å². The first kappa shape index (κ1) is 16.9. The van der Waals surface area contributed by atoms with Crippen molar-refractivity contribution in [1.29, 1.82) is 0 Å². The summed E-state index contributed by atoms with van der Waals surface area (Å²) in [4.78, 5) is 10.1. The molecule has 0 fully saturated rings. The summed E-state index contributed by atoms with van der Waals surface area (Å²) in [5.74, 6) is -1.49. The predicted octanol–water partition coefficient (Wildman–Crippen LogP) is 0.634. The van der Waals surface area contributed by atoms with E-state index in [9.17, 15) is 21.6 Å². The predicted molar refractivity (Wildman–Crippen MR) is 81.8 cm³/mol. The van der Waals surface area contributed by atoms with Gasteiger partial charge in [0.15, 0.2) is 0 Å². The van der Waals surface area contributed by atoms with E-state index in [1.165, 1.54) is 28.4 Å². The Labute approximate surface area is 132 Å². The summed E-state index contributed by atoms with van der Waals surface area (Å²) in [5.41, 5.74) is 5.22. The number of carbonyl (C=O) groups is 1. The number of carboxylic acids is 1. The van der Waals surface area contributed by atoms with E-state index in [1.54, 1.807) is 0 Å². The van der Waals surface area contributed by atoms with Gasteiger partial charge in [-0.15, -0.1) is 4.13 Å². The highest BCUT2D eigenvalue weighted by molar-refractivity contribution is 8.04. The number of hydrogen-bond donors (Lipinski definition) is 3. The smallest absolute Gasteiger partial charge is 0.337 e. The molecule has 0 aliphatic heterocycles. The van der Waals surface area contributed by atoms with Crippen LogP contribution in [0.25, 0.3) is 0 Å². The molecule has 8 nitrogen and oxygen atoms in total. The number of anilines is 1. The number of carboxylic acid groups (broad SMARTS) is 1. The molecule has 0 spiro atoms. The van der Waals surface area contributed by atoms with Crippen molar-refractivity contribution < 1.29 is 26.7 Å². The maximum Gasteiger partial charge on any atom is 0.337 e. The number of benzene rings is 2. The molecule has 2 rings (SSSR count). The van der Waals surface area contributed by atoms with Gasteiger partial charge < -0.3 is 10.8 Å². The Kier molecular flexibility index (Phi) is 4.41. The Morgan fingerprint density at radius 3 is 2.04 bits per heavy atom. The molecule has 0 atom stereocenters. The van der Waals surface area contributed by atoms with Gasteiger partial charge in [0, 0.05) is 5.69 Å². The van der Waals surface area contributed by atoms with Crippen LogP contribution in [0.5, 0.6) is 0 Å². The lowest BCUT2D eigenvalue weighted by molar-refractivity contribution is 0.0692. The van der Waals surface area contributed by atoms with E-state index in [2.05, 4.69) is 0 Å². The van der Waals surface area contributed by atoms with Gasteiger partial charge in [0.2, 0.25) is 0 Å². The third kappa shape index (κ3) is 3.67. The van der Waals surface area contributed by atoms with Crippen LogP contribution in [0.2, 0.25) is 0 Å². The molecule has 0 saturated heterocycles. The van der Waals surface area contributed by atoms with Crippen molar-refractivity contribution in [2.24, 2.45) is 0 Å². The van der Waals surface area contributed by atoms with Crippen LogP contribution in [0, 0.1) is 0 Å². The summed E-state index contributed by atoms with van der Waals surface area (Å²) in [5, 5.41) is 9.02. The normalized spacial score (nSPS) is 12.0. The fourth-order valence-electron chi connectivity index (χ4n) is 1.76. The van der Waals surface area contributed by atoms with Crippen molar-refractivity contribution in [1.82, 2.24) is 4.13 Å². The van der Waals surface area contributed by atoms with Crippen molar-refractivity contribution in [2.45, 2.75) is 9.79 Å². The second kappa shape index (κ2) is 5.99. The highest BCUT2D eigenvalue weighted by Gasteiger charge is 2.28. The van der Waals surface area contributed by atoms with Crippen LogP contribution in [0.15, 0.2) is 58.3 Å². The molecule has 0 bridgehead atoms. The number of hydrogen-bond acceptors (Lipinski definition) is 6. The molecule has 0 radical (unpaired) electrons. The van der Waals surface area contributed by atoms with E-state index in [0.717, 1.165) is 24.3 Å². The maximum absolute atomic E-state index is 12.2. The van der Waals surface area contributed by atoms with Gasteiger partial charge in [0.25, 0.3) is 20.0 Å². The summed E-state index contributed by atoms with van der Waals surface area (Å²) in [6.45, 7) is 0. The van der Waals surface area contributed by atoms with Crippen LogP contribution in [0.4, 0.5) is 5.69 Å². The van der Waals surface area contributed by atoms with Gasteiger partial charge in [-0.1, -0.05) is 12.1 Å². The van der Waals surface area contributed by atoms with E-state index in [4.69, 9.17) is 10.8 Å². The third-order valence-electron chi connectivity index (χ3n) is 2.82. The molecule has 2 aromatic carbocycles. The molecule has 4 N–H and O–H groups in total. The lowest BCUT2D eigenvalue weighted by Crippen LogP contribution is -2.31. The van der Waals surface area contributed by atoms with Crippen LogP contribution in [0.1, 0.15) is 10.4 Å². The minimum Gasteiger partial charge on any atom is -0.478 e. The highest BCUT2D eigenvalue weighted by Crippen LogP contribution is 2.18. The Morgan fingerprint density at radius 1 is 0.913 bits per heavy atom. The van der Waals surface area contributed by atoms with E-state index in [1.807, 2.05) is 0 Å². The Morgan fingerprint density at radius 2 is 1.48 bits per heavy atom. The van der Waals surface area contributed by atoms with Crippen molar-refractivity contribution >= 4 is 31.7 Å². The van der Waals surface area contributed by atoms with Crippen LogP contribution >= 0.6 is 0 Å². The van der Waals surface area contributed by atoms with Crippen LogP contribution in [-0.4, -0.2) is 27.9 Å². The first-order valence-electron chi connectivity index (χ1n) is 6.10. The number of aromatic carboxylic acids is 1. The van der Waals surface area contributed by atoms with Gasteiger partial charge in [0.05, 0.1) is 15.4 Å². The SMILES string of the molecule is Nc1ccc(S(=O)(=O)NS(=O)(=O)c2ccccc2C(=O)O)cc1. The fourth-order valence-corrected chi connectivity index (χ4v) is 4.86. The van der Waals surface area contributed by atoms with Crippen molar-refractivity contribution in [3.8, 4) is 0 Å². The topological polar surface area (TPSA) is 144 Å². The van der Waals surface area contributed by atoms with Gasteiger partial charge in [-0.25, -0.2) is 21.6 Å². The molecule has 122 valence electrons. The molecule has 0 aliphatic rings. The monoisotopic (exact) mass is 356 g/mol. The van der Waals surface area contributed by atoms with Crippen LogP contribution in [-0.2, 0) is 20.0 Å². The zero-order chi connectivity index (χ0) is 17.3. The number of nitrogen functional groups attached to an aromatic ring is 1. The average molecular weight is 356 g/mol. The Balaban J connectivity index is 2.46. The summed E-state index contributed by atoms with van der Waals surface area (Å²) in [6.07, 6.45) is 0. The maximum atomic E-state index is 12.2. The number of nitrogens with two attached hydrogens (primary N) is 1. The molecule has 2 aromatic rings. The van der Waals surface area contributed by atoms with E-state index < -0.39 is 36.5 Å². The number of nitrogens with one attached hydrogen (secondary N) is 1. The lowest BCUT2D eigenvalue weighted by Gasteiger charge is -2.10. The van der Waals surface area contributed by atoms with Crippen molar-refractivity contribution in [2.75, 3.05) is 5.73 Å². The zero-order valence-corrected chi connectivity index (χ0v) is 13.1. The molecule has 0 amide bonds. The molecule has 0 saturated carbocycles. The Bertz CT molecular complexity index is 950. The minimum absolute atomic E-state index is 0.308. The molecular weight excluding hydrogens is 344 g/mol. The first-order valence-corrected chi connectivity index (χ1v) is 9.06. The first-order chi connectivity index (χ1) is 10.6. The third-order valence-corrected chi connectivity index (χ3v) is 6.40.